The Labute approximate surface area is 139 Å². The van der Waals surface area contributed by atoms with Crippen LogP contribution in [0.2, 0.25) is 0 Å². The molecule has 0 aromatic heterocycles. The van der Waals surface area contributed by atoms with Crippen LogP contribution < -0.4 is 0 Å². The van der Waals surface area contributed by atoms with E-state index in [1.54, 1.807) is 5.06 Å². The van der Waals surface area contributed by atoms with E-state index in [4.69, 9.17) is 9.57 Å². The molecule has 2 fully saturated rings. The van der Waals surface area contributed by atoms with Gasteiger partial charge in [-0.15, -0.1) is 0 Å². The molecule has 0 N–H and O–H groups in total. The Balaban J connectivity index is 1.66. The van der Waals surface area contributed by atoms with E-state index in [-0.39, 0.29) is 5.97 Å². The van der Waals surface area contributed by atoms with Crippen LogP contribution in [0, 0.1) is 5.92 Å². The molecule has 2 saturated heterocycles. The van der Waals surface area contributed by atoms with Gasteiger partial charge in [0.2, 0.25) is 0 Å². The number of esters is 1. The Hall–Kier alpha value is -2.24. The summed E-state index contributed by atoms with van der Waals surface area (Å²) < 4.78 is 18.7. The van der Waals surface area contributed by atoms with Crippen LogP contribution in [0.5, 0.6) is 0 Å². The number of carbonyl (C=O) groups excluding carboxylic acids is 1. The monoisotopic (exact) mass is 327 g/mol. The van der Waals surface area contributed by atoms with Gasteiger partial charge in [-0.25, -0.2) is 4.39 Å². The lowest BCUT2D eigenvalue weighted by molar-refractivity contribution is -0.195. The van der Waals surface area contributed by atoms with E-state index < -0.39 is 30.8 Å². The molecule has 4 nitrogen and oxygen atoms in total. The minimum Gasteiger partial charge on any atom is -0.457 e. The molecule has 5 heteroatoms. The quantitative estimate of drug-likeness (QED) is 0.809. The number of hydrogen-bond acceptors (Lipinski definition) is 4. The zero-order chi connectivity index (χ0) is 16.5. The smallest absolute Gasteiger partial charge is 0.314 e. The first-order chi connectivity index (χ1) is 11.8. The number of nitrogens with zero attached hydrogens (tertiary/aromatic N) is 1. The molecule has 0 saturated carbocycles. The number of cyclic esters (lactones) is 1. The summed E-state index contributed by atoms with van der Waals surface area (Å²) in [5.41, 5.74) is 1.95. The third-order valence-corrected chi connectivity index (χ3v) is 4.66. The van der Waals surface area contributed by atoms with Crippen molar-refractivity contribution in [2.75, 3.05) is 6.67 Å². The Morgan fingerprint density at radius 2 is 1.67 bits per heavy atom. The second-order valence-corrected chi connectivity index (χ2v) is 6.14. The standard InChI is InChI=1S/C19H18FNO3/c20-11-15-17-16(19(22)23-15)18(14-9-5-2-6-10-14)24-21(17)12-13-7-3-1-4-8-13/h1-10,15-18H,11-12H2/t15-,16+,17-,18-/m1/s1. The van der Waals surface area contributed by atoms with Gasteiger partial charge in [-0.05, 0) is 11.1 Å². The number of carbonyl (C=O) groups is 1. The first-order valence-corrected chi connectivity index (χ1v) is 8.06. The maximum absolute atomic E-state index is 13.4. The summed E-state index contributed by atoms with van der Waals surface area (Å²) in [5, 5.41) is 1.72. The molecule has 2 aromatic rings. The minimum atomic E-state index is -0.778. The van der Waals surface area contributed by atoms with Crippen molar-refractivity contribution in [3.63, 3.8) is 0 Å². The lowest BCUT2D eigenvalue weighted by atomic mass is 9.90. The zero-order valence-electron chi connectivity index (χ0n) is 13.0. The molecule has 2 aromatic carbocycles. The van der Waals surface area contributed by atoms with Crippen LogP contribution in [0.4, 0.5) is 4.39 Å². The van der Waals surface area contributed by atoms with Crippen molar-refractivity contribution in [1.29, 1.82) is 0 Å². The largest absolute Gasteiger partial charge is 0.457 e. The van der Waals surface area contributed by atoms with Gasteiger partial charge in [-0.2, -0.15) is 5.06 Å². The van der Waals surface area contributed by atoms with Gasteiger partial charge in [0.1, 0.15) is 24.8 Å². The van der Waals surface area contributed by atoms with E-state index in [0.29, 0.717) is 6.54 Å². The predicted octanol–water partition coefficient (Wildman–Crippen LogP) is 3.05. The van der Waals surface area contributed by atoms with E-state index in [9.17, 15) is 9.18 Å². The fraction of sp³-hybridized carbons (Fsp3) is 0.316. The van der Waals surface area contributed by atoms with E-state index in [0.717, 1.165) is 11.1 Å². The topological polar surface area (TPSA) is 38.8 Å². The molecule has 0 aliphatic carbocycles. The Kier molecular flexibility index (Phi) is 4.04. The number of halogens is 1. The molecule has 4 rings (SSSR count). The van der Waals surface area contributed by atoms with E-state index in [1.165, 1.54) is 0 Å². The fourth-order valence-electron chi connectivity index (χ4n) is 3.56. The van der Waals surface area contributed by atoms with Crippen molar-refractivity contribution in [2.45, 2.75) is 24.8 Å². The summed E-state index contributed by atoms with van der Waals surface area (Å²) in [6, 6.07) is 18.9. The summed E-state index contributed by atoms with van der Waals surface area (Å²) in [4.78, 5) is 18.4. The van der Waals surface area contributed by atoms with Gasteiger partial charge in [0.05, 0.1) is 6.04 Å². The van der Waals surface area contributed by atoms with Gasteiger partial charge in [0, 0.05) is 6.54 Å². The van der Waals surface area contributed by atoms with Crippen molar-refractivity contribution in [2.24, 2.45) is 5.92 Å². The second-order valence-electron chi connectivity index (χ2n) is 6.14. The third kappa shape index (κ3) is 2.60. The summed E-state index contributed by atoms with van der Waals surface area (Å²) in [7, 11) is 0. The van der Waals surface area contributed by atoms with Crippen LogP contribution in [0.1, 0.15) is 17.2 Å². The molecule has 2 aliphatic heterocycles. The minimum absolute atomic E-state index is 0.382. The highest BCUT2D eigenvalue weighted by Gasteiger charge is 2.58. The first-order valence-electron chi connectivity index (χ1n) is 8.06. The molecule has 0 bridgehead atoms. The van der Waals surface area contributed by atoms with Crippen LogP contribution in [-0.2, 0) is 20.9 Å². The molecular weight excluding hydrogens is 309 g/mol. The van der Waals surface area contributed by atoms with Crippen LogP contribution in [0.3, 0.4) is 0 Å². The van der Waals surface area contributed by atoms with Gasteiger partial charge in [-0.3, -0.25) is 9.63 Å². The van der Waals surface area contributed by atoms with Gasteiger partial charge in [0.15, 0.2) is 0 Å². The highest BCUT2D eigenvalue weighted by Crippen LogP contribution is 2.45. The number of rotatable bonds is 4. The van der Waals surface area contributed by atoms with Crippen molar-refractivity contribution in [1.82, 2.24) is 5.06 Å². The van der Waals surface area contributed by atoms with Gasteiger partial charge >= 0.3 is 5.97 Å². The molecular formula is C19H18FNO3. The number of benzene rings is 2. The molecule has 0 radical (unpaired) electrons. The molecule has 2 heterocycles. The predicted molar refractivity (Wildman–Crippen MR) is 85.4 cm³/mol. The number of ether oxygens (including phenoxy) is 1. The Morgan fingerprint density at radius 3 is 2.33 bits per heavy atom. The number of alkyl halides is 1. The maximum atomic E-state index is 13.4. The lowest BCUT2D eigenvalue weighted by Gasteiger charge is -2.24. The SMILES string of the molecule is O=C1O[C@H](CF)[C@@H]2[C@H]1[C@@H](c1ccccc1)ON2Cc1ccccc1. The molecule has 0 spiro atoms. The Bertz CT molecular complexity index is 709. The summed E-state index contributed by atoms with van der Waals surface area (Å²) in [5.74, 6) is -0.885. The van der Waals surface area contributed by atoms with Gasteiger partial charge in [0.25, 0.3) is 0 Å². The highest BCUT2D eigenvalue weighted by molar-refractivity contribution is 5.77. The number of hydroxylamine groups is 2. The molecule has 0 amide bonds. The zero-order valence-corrected chi connectivity index (χ0v) is 13.0. The van der Waals surface area contributed by atoms with Crippen molar-refractivity contribution in [3.05, 3.63) is 71.8 Å². The van der Waals surface area contributed by atoms with E-state index in [2.05, 4.69) is 0 Å². The van der Waals surface area contributed by atoms with Crippen molar-refractivity contribution >= 4 is 5.97 Å². The average Bonchev–Trinajstić information content (AvgIpc) is 3.16. The maximum Gasteiger partial charge on any atom is 0.314 e. The molecule has 24 heavy (non-hydrogen) atoms. The molecule has 0 unspecified atom stereocenters. The van der Waals surface area contributed by atoms with Crippen molar-refractivity contribution < 1.29 is 18.8 Å². The average molecular weight is 327 g/mol. The van der Waals surface area contributed by atoms with Crippen LogP contribution >= 0.6 is 0 Å². The number of hydrogen-bond donors (Lipinski definition) is 0. The van der Waals surface area contributed by atoms with E-state index >= 15 is 0 Å². The second kappa shape index (κ2) is 6.34. The van der Waals surface area contributed by atoms with Crippen LogP contribution in [0.25, 0.3) is 0 Å². The molecule has 2 aliphatic rings. The Morgan fingerprint density at radius 1 is 1.00 bits per heavy atom. The van der Waals surface area contributed by atoms with Crippen LogP contribution in [-0.4, -0.2) is 29.9 Å². The summed E-state index contributed by atoms with van der Waals surface area (Å²) in [6.45, 7) is -0.221. The van der Waals surface area contributed by atoms with Crippen LogP contribution in [0.15, 0.2) is 60.7 Å². The van der Waals surface area contributed by atoms with Gasteiger partial charge < -0.3 is 4.74 Å². The van der Waals surface area contributed by atoms with Crippen molar-refractivity contribution in [3.8, 4) is 0 Å². The fourth-order valence-corrected chi connectivity index (χ4v) is 3.56. The summed E-state index contributed by atoms with van der Waals surface area (Å²) >= 11 is 0. The lowest BCUT2D eigenvalue weighted by Crippen LogP contribution is -2.38. The number of fused-ring (bicyclic) bond motifs is 1. The third-order valence-electron chi connectivity index (χ3n) is 4.66. The molecule has 124 valence electrons. The van der Waals surface area contributed by atoms with E-state index in [1.807, 2.05) is 60.7 Å². The first kappa shape index (κ1) is 15.3. The highest BCUT2D eigenvalue weighted by atomic mass is 19.1. The van der Waals surface area contributed by atoms with Gasteiger partial charge in [-0.1, -0.05) is 60.7 Å². The normalized spacial score (nSPS) is 29.5. The summed E-state index contributed by atoms with van der Waals surface area (Å²) in [6.07, 6.45) is -1.22. The molecule has 4 atom stereocenters.